The van der Waals surface area contributed by atoms with Crippen LogP contribution < -0.4 is 0 Å². The lowest BCUT2D eigenvalue weighted by Gasteiger charge is -2.15. The Kier molecular flexibility index (Phi) is 3.90. The Bertz CT molecular complexity index is 420. The normalized spacial score (nSPS) is 23.9. The van der Waals surface area contributed by atoms with Gasteiger partial charge in [-0.3, -0.25) is 4.79 Å². The van der Waals surface area contributed by atoms with Crippen molar-refractivity contribution in [2.75, 3.05) is 6.61 Å². The molecule has 0 aromatic carbocycles. The van der Waals surface area contributed by atoms with Crippen LogP contribution in [0.1, 0.15) is 38.4 Å². The fourth-order valence-corrected chi connectivity index (χ4v) is 2.09. The van der Waals surface area contributed by atoms with Crippen LogP contribution in [0.3, 0.4) is 0 Å². The third kappa shape index (κ3) is 3.04. The first kappa shape index (κ1) is 12.9. The number of hydrogen-bond acceptors (Lipinski definition) is 5. The third-order valence-corrected chi connectivity index (χ3v) is 3.18. The highest BCUT2D eigenvalue weighted by atomic mass is 16.5. The summed E-state index contributed by atoms with van der Waals surface area (Å²) in [7, 11) is 0. The van der Waals surface area contributed by atoms with Gasteiger partial charge in [0.1, 0.15) is 0 Å². The van der Waals surface area contributed by atoms with E-state index < -0.39 is 5.97 Å². The lowest BCUT2D eigenvalue weighted by Crippen LogP contribution is -2.25. The Labute approximate surface area is 105 Å². The summed E-state index contributed by atoms with van der Waals surface area (Å²) in [6.07, 6.45) is 0.676. The van der Waals surface area contributed by atoms with E-state index in [4.69, 9.17) is 9.84 Å². The lowest BCUT2D eigenvalue weighted by atomic mass is 10.2. The van der Waals surface area contributed by atoms with Crippen molar-refractivity contribution in [3.8, 4) is 0 Å². The van der Waals surface area contributed by atoms with E-state index in [-0.39, 0.29) is 12.5 Å². The first-order chi connectivity index (χ1) is 8.61. The number of tetrazole rings is 1. The highest BCUT2D eigenvalue weighted by Gasteiger charge is 2.38. The maximum Gasteiger partial charge on any atom is 0.306 e. The average molecular weight is 254 g/mol. The molecule has 0 spiro atoms. The lowest BCUT2D eigenvalue weighted by molar-refractivity contribution is -0.140. The number of nitrogens with zero attached hydrogens (tertiary/aromatic N) is 4. The van der Waals surface area contributed by atoms with Gasteiger partial charge in [0.15, 0.2) is 5.82 Å². The molecule has 0 bridgehead atoms. The summed E-state index contributed by atoms with van der Waals surface area (Å²) in [6, 6.07) is 0. The predicted octanol–water partition coefficient (Wildman–Crippen LogP) is 0.676. The first-order valence-corrected chi connectivity index (χ1v) is 6.21. The molecule has 1 saturated carbocycles. The van der Waals surface area contributed by atoms with E-state index in [9.17, 15) is 4.79 Å². The van der Waals surface area contributed by atoms with E-state index in [0.29, 0.717) is 25.0 Å². The van der Waals surface area contributed by atoms with Gasteiger partial charge in [0.2, 0.25) is 0 Å². The molecule has 1 aromatic heterocycles. The largest absolute Gasteiger partial charge is 0.481 e. The highest BCUT2D eigenvalue weighted by Crippen LogP contribution is 2.45. The molecule has 1 aliphatic carbocycles. The highest BCUT2D eigenvalue weighted by molar-refractivity contribution is 5.67. The minimum absolute atomic E-state index is 0.0344. The molecule has 7 heteroatoms. The summed E-state index contributed by atoms with van der Waals surface area (Å²) >= 11 is 0. The minimum Gasteiger partial charge on any atom is -0.481 e. The molecule has 1 aromatic rings. The molecule has 1 fully saturated rings. The van der Waals surface area contributed by atoms with E-state index in [0.717, 1.165) is 12.2 Å². The van der Waals surface area contributed by atoms with Crippen LogP contribution >= 0.6 is 0 Å². The SMILES string of the molecule is CCOC(CC(=O)O)Cn1nnnc1C1CC1C. The van der Waals surface area contributed by atoms with Crippen molar-refractivity contribution in [2.45, 2.75) is 45.3 Å². The summed E-state index contributed by atoms with van der Waals surface area (Å²) in [5, 5.41) is 20.4. The van der Waals surface area contributed by atoms with E-state index in [1.807, 2.05) is 6.92 Å². The number of aromatic nitrogens is 4. The predicted molar refractivity (Wildman–Crippen MR) is 62.0 cm³/mol. The second-order valence-electron chi connectivity index (χ2n) is 4.71. The molecule has 18 heavy (non-hydrogen) atoms. The second kappa shape index (κ2) is 5.43. The number of carboxylic acid groups (broad SMARTS) is 1. The Hall–Kier alpha value is -1.50. The van der Waals surface area contributed by atoms with Crippen LogP contribution in [0.2, 0.25) is 0 Å². The Morgan fingerprint density at radius 2 is 2.39 bits per heavy atom. The van der Waals surface area contributed by atoms with Gasteiger partial charge in [0.05, 0.1) is 19.1 Å². The fraction of sp³-hybridized carbons (Fsp3) is 0.818. The number of carbonyl (C=O) groups is 1. The molecule has 1 heterocycles. The van der Waals surface area contributed by atoms with Crippen molar-refractivity contribution in [1.82, 2.24) is 20.2 Å². The van der Waals surface area contributed by atoms with Crippen molar-refractivity contribution < 1.29 is 14.6 Å². The summed E-state index contributed by atoms with van der Waals surface area (Å²) in [5.41, 5.74) is 0. The summed E-state index contributed by atoms with van der Waals surface area (Å²) in [5.74, 6) is 0.993. The number of carboxylic acids is 1. The van der Waals surface area contributed by atoms with Crippen molar-refractivity contribution in [3.63, 3.8) is 0 Å². The zero-order valence-electron chi connectivity index (χ0n) is 10.6. The van der Waals surface area contributed by atoms with E-state index in [2.05, 4.69) is 22.4 Å². The van der Waals surface area contributed by atoms with Gasteiger partial charge in [-0.05, 0) is 29.7 Å². The fourth-order valence-electron chi connectivity index (χ4n) is 2.09. The van der Waals surface area contributed by atoms with Crippen LogP contribution in [-0.2, 0) is 16.1 Å². The van der Waals surface area contributed by atoms with Gasteiger partial charge in [-0.25, -0.2) is 4.68 Å². The first-order valence-electron chi connectivity index (χ1n) is 6.21. The molecule has 3 unspecified atom stereocenters. The zero-order valence-corrected chi connectivity index (χ0v) is 10.6. The molecule has 0 saturated heterocycles. The van der Waals surface area contributed by atoms with E-state index in [1.165, 1.54) is 0 Å². The van der Waals surface area contributed by atoms with Crippen molar-refractivity contribution in [3.05, 3.63) is 5.82 Å². The van der Waals surface area contributed by atoms with Crippen molar-refractivity contribution in [2.24, 2.45) is 5.92 Å². The van der Waals surface area contributed by atoms with Gasteiger partial charge in [-0.15, -0.1) is 5.10 Å². The number of aliphatic carboxylic acids is 1. The van der Waals surface area contributed by atoms with Crippen LogP contribution in [-0.4, -0.2) is 44.0 Å². The molecule has 1 aliphatic rings. The minimum atomic E-state index is -0.872. The third-order valence-electron chi connectivity index (χ3n) is 3.18. The Balaban J connectivity index is 2.01. The summed E-state index contributed by atoms with van der Waals surface area (Å²) < 4.78 is 7.09. The molecule has 0 aliphatic heterocycles. The van der Waals surface area contributed by atoms with Crippen LogP contribution in [0.4, 0.5) is 0 Å². The second-order valence-corrected chi connectivity index (χ2v) is 4.71. The molecule has 0 amide bonds. The summed E-state index contributed by atoms with van der Waals surface area (Å²) in [6.45, 7) is 4.88. The van der Waals surface area contributed by atoms with Gasteiger partial charge < -0.3 is 9.84 Å². The van der Waals surface area contributed by atoms with Crippen molar-refractivity contribution in [1.29, 1.82) is 0 Å². The number of rotatable bonds is 7. The molecular weight excluding hydrogens is 236 g/mol. The molecule has 2 rings (SSSR count). The van der Waals surface area contributed by atoms with Crippen molar-refractivity contribution >= 4 is 5.97 Å². The van der Waals surface area contributed by atoms with Crippen LogP contribution in [0.5, 0.6) is 0 Å². The Morgan fingerprint density at radius 3 is 2.94 bits per heavy atom. The van der Waals surface area contributed by atoms with Gasteiger partial charge in [-0.2, -0.15) is 0 Å². The van der Waals surface area contributed by atoms with Gasteiger partial charge in [-0.1, -0.05) is 6.92 Å². The molecule has 0 radical (unpaired) electrons. The molecular formula is C11H18N4O3. The molecule has 3 atom stereocenters. The van der Waals surface area contributed by atoms with Crippen LogP contribution in [0.15, 0.2) is 0 Å². The summed E-state index contributed by atoms with van der Waals surface area (Å²) in [4.78, 5) is 10.8. The zero-order chi connectivity index (χ0) is 13.1. The maximum absolute atomic E-state index is 10.8. The van der Waals surface area contributed by atoms with Crippen LogP contribution in [0.25, 0.3) is 0 Å². The topological polar surface area (TPSA) is 90.1 Å². The molecule has 7 nitrogen and oxygen atoms in total. The maximum atomic E-state index is 10.8. The van der Waals surface area contributed by atoms with Gasteiger partial charge in [0.25, 0.3) is 0 Å². The van der Waals surface area contributed by atoms with Gasteiger partial charge in [0, 0.05) is 12.5 Å². The monoisotopic (exact) mass is 254 g/mol. The quantitative estimate of drug-likeness (QED) is 0.769. The number of ether oxygens (including phenoxy) is 1. The standard InChI is InChI=1S/C11H18N4O3/c1-3-18-8(5-10(16)17)6-15-11(12-13-14-15)9-4-7(9)2/h7-9H,3-6H2,1-2H3,(H,16,17). The van der Waals surface area contributed by atoms with E-state index >= 15 is 0 Å². The van der Waals surface area contributed by atoms with Gasteiger partial charge >= 0.3 is 5.97 Å². The molecule has 1 N–H and O–H groups in total. The van der Waals surface area contributed by atoms with Crippen LogP contribution in [0, 0.1) is 5.92 Å². The average Bonchev–Trinajstić information content (AvgIpc) is 2.84. The smallest absolute Gasteiger partial charge is 0.306 e. The number of hydrogen-bond donors (Lipinski definition) is 1. The molecule has 100 valence electrons. The Morgan fingerprint density at radius 1 is 1.67 bits per heavy atom. The van der Waals surface area contributed by atoms with E-state index in [1.54, 1.807) is 4.68 Å².